The molecule has 0 aliphatic carbocycles. The largest absolute Gasteiger partial charge is 0.468 e. The summed E-state index contributed by atoms with van der Waals surface area (Å²) in [6.07, 6.45) is 1.81. The number of benzene rings is 1. The van der Waals surface area contributed by atoms with Crippen LogP contribution in [-0.4, -0.2) is 55.4 Å². The van der Waals surface area contributed by atoms with Gasteiger partial charge in [-0.25, -0.2) is 0 Å². The number of likely N-dealkylation sites (tertiary alicyclic amines) is 1. The lowest BCUT2D eigenvalue weighted by atomic mass is 9.91. The van der Waals surface area contributed by atoms with Crippen LogP contribution in [0.2, 0.25) is 0 Å². The van der Waals surface area contributed by atoms with Gasteiger partial charge in [-0.3, -0.25) is 9.69 Å². The molecule has 0 amide bonds. The fourth-order valence-electron chi connectivity index (χ4n) is 3.08. The topological polar surface area (TPSA) is 61.8 Å². The van der Waals surface area contributed by atoms with Gasteiger partial charge in [0.05, 0.1) is 13.7 Å². The fourth-order valence-corrected chi connectivity index (χ4v) is 3.08. The second kappa shape index (κ2) is 8.88. The number of carbonyl (C=O) groups is 1. The molecule has 1 aliphatic heterocycles. The minimum Gasteiger partial charge on any atom is -0.468 e. The molecule has 5 nitrogen and oxygen atoms in total. The van der Waals surface area contributed by atoms with Crippen LogP contribution in [0.4, 0.5) is 0 Å². The van der Waals surface area contributed by atoms with E-state index in [1.165, 1.54) is 12.7 Å². The minimum atomic E-state index is -0.202. The van der Waals surface area contributed by atoms with Gasteiger partial charge in [0.15, 0.2) is 0 Å². The Hall–Kier alpha value is -1.43. The summed E-state index contributed by atoms with van der Waals surface area (Å²) in [5.74, 6) is 0.211. The lowest BCUT2D eigenvalue weighted by Crippen LogP contribution is -2.50. The summed E-state index contributed by atoms with van der Waals surface area (Å²) in [5.41, 5.74) is 1.26. The zero-order valence-corrected chi connectivity index (χ0v) is 13.2. The Balaban J connectivity index is 1.89. The van der Waals surface area contributed by atoms with Crippen molar-refractivity contribution in [2.45, 2.75) is 25.4 Å². The molecular formula is C17H26N2O3. The van der Waals surface area contributed by atoms with Gasteiger partial charge >= 0.3 is 5.97 Å². The third-order valence-electron chi connectivity index (χ3n) is 4.17. The highest BCUT2D eigenvalue weighted by Gasteiger charge is 2.27. The number of esters is 1. The van der Waals surface area contributed by atoms with Crippen LogP contribution in [0, 0.1) is 5.92 Å². The number of hydrogen-bond donors (Lipinski definition) is 2. The Kier molecular flexibility index (Phi) is 6.83. The summed E-state index contributed by atoms with van der Waals surface area (Å²) < 4.78 is 4.76. The van der Waals surface area contributed by atoms with Crippen molar-refractivity contribution < 1.29 is 14.6 Å². The fraction of sp³-hybridized carbons (Fsp3) is 0.588. The number of hydrogen-bond acceptors (Lipinski definition) is 5. The smallest absolute Gasteiger partial charge is 0.319 e. The van der Waals surface area contributed by atoms with Crippen molar-refractivity contribution >= 4 is 5.97 Å². The van der Waals surface area contributed by atoms with Crippen molar-refractivity contribution in [1.82, 2.24) is 10.2 Å². The molecule has 1 saturated heterocycles. The van der Waals surface area contributed by atoms with Gasteiger partial charge in [-0.1, -0.05) is 30.3 Å². The van der Waals surface area contributed by atoms with Gasteiger partial charge in [-0.15, -0.1) is 0 Å². The van der Waals surface area contributed by atoms with Crippen LogP contribution < -0.4 is 5.32 Å². The number of nitrogens with zero attached hydrogens (tertiary/aromatic N) is 1. The molecule has 1 aliphatic rings. The normalized spacial score (nSPS) is 22.5. The Bertz CT molecular complexity index is 452. The standard InChI is InChI=1S/C17H26N2O3/c1-22-17(21)13-19-11-15(7-8-20)9-16(12-19)18-10-14-5-3-2-4-6-14/h2-6,15-16,18,20H,7-13H2,1H3. The number of aliphatic hydroxyl groups excluding tert-OH is 1. The Labute approximate surface area is 132 Å². The van der Waals surface area contributed by atoms with E-state index in [9.17, 15) is 9.90 Å². The van der Waals surface area contributed by atoms with Crippen LogP contribution >= 0.6 is 0 Å². The average Bonchev–Trinajstić information content (AvgIpc) is 2.54. The molecule has 0 aromatic heterocycles. The van der Waals surface area contributed by atoms with E-state index in [-0.39, 0.29) is 12.6 Å². The highest BCUT2D eigenvalue weighted by molar-refractivity contribution is 5.71. The first-order valence-electron chi connectivity index (χ1n) is 7.88. The van der Waals surface area contributed by atoms with E-state index in [0.29, 0.717) is 18.5 Å². The number of aliphatic hydroxyl groups is 1. The van der Waals surface area contributed by atoms with E-state index in [1.807, 2.05) is 18.2 Å². The van der Waals surface area contributed by atoms with Crippen LogP contribution in [-0.2, 0) is 16.1 Å². The molecule has 0 radical (unpaired) electrons. The summed E-state index contributed by atoms with van der Waals surface area (Å²) in [5, 5.41) is 12.8. The van der Waals surface area contributed by atoms with Gasteiger partial charge in [0.2, 0.25) is 0 Å². The van der Waals surface area contributed by atoms with Crippen molar-refractivity contribution in [2.75, 3.05) is 33.4 Å². The Morgan fingerprint density at radius 1 is 1.36 bits per heavy atom. The summed E-state index contributed by atoms with van der Waals surface area (Å²) in [6.45, 7) is 3.02. The maximum absolute atomic E-state index is 11.5. The number of piperidine rings is 1. The number of carbonyl (C=O) groups excluding carboxylic acids is 1. The molecule has 122 valence electrons. The second-order valence-electron chi connectivity index (χ2n) is 5.95. The SMILES string of the molecule is COC(=O)CN1CC(CCO)CC(NCc2ccccc2)C1. The molecule has 0 saturated carbocycles. The summed E-state index contributed by atoms with van der Waals surface area (Å²) in [6, 6.07) is 10.6. The van der Waals surface area contributed by atoms with Crippen molar-refractivity contribution in [3.05, 3.63) is 35.9 Å². The molecule has 0 spiro atoms. The molecule has 2 rings (SSSR count). The van der Waals surface area contributed by atoms with E-state index in [0.717, 1.165) is 32.5 Å². The molecule has 5 heteroatoms. The van der Waals surface area contributed by atoms with Crippen LogP contribution in [0.5, 0.6) is 0 Å². The lowest BCUT2D eigenvalue weighted by molar-refractivity contribution is -0.142. The molecule has 0 bridgehead atoms. The van der Waals surface area contributed by atoms with Gasteiger partial charge in [0, 0.05) is 32.3 Å². The zero-order valence-electron chi connectivity index (χ0n) is 13.2. The van der Waals surface area contributed by atoms with Crippen LogP contribution in [0.3, 0.4) is 0 Å². The monoisotopic (exact) mass is 306 g/mol. The predicted molar refractivity (Wildman–Crippen MR) is 85.3 cm³/mol. The van der Waals surface area contributed by atoms with Crippen molar-refractivity contribution in [1.29, 1.82) is 0 Å². The Morgan fingerprint density at radius 3 is 2.82 bits per heavy atom. The highest BCUT2D eigenvalue weighted by Crippen LogP contribution is 2.20. The first kappa shape index (κ1) is 16.9. The molecule has 22 heavy (non-hydrogen) atoms. The molecule has 1 aromatic rings. The number of nitrogens with one attached hydrogen (secondary N) is 1. The molecule has 2 atom stereocenters. The van der Waals surface area contributed by atoms with E-state index in [1.54, 1.807) is 0 Å². The first-order valence-corrected chi connectivity index (χ1v) is 7.88. The Morgan fingerprint density at radius 2 is 2.14 bits per heavy atom. The van der Waals surface area contributed by atoms with E-state index >= 15 is 0 Å². The lowest BCUT2D eigenvalue weighted by Gasteiger charge is -2.37. The van der Waals surface area contributed by atoms with Gasteiger partial charge < -0.3 is 15.2 Å². The van der Waals surface area contributed by atoms with E-state index in [2.05, 4.69) is 22.3 Å². The number of rotatable bonds is 7. The third-order valence-corrected chi connectivity index (χ3v) is 4.17. The van der Waals surface area contributed by atoms with Crippen molar-refractivity contribution in [2.24, 2.45) is 5.92 Å². The van der Waals surface area contributed by atoms with E-state index < -0.39 is 0 Å². The van der Waals surface area contributed by atoms with Gasteiger partial charge in [-0.2, -0.15) is 0 Å². The predicted octanol–water partition coefficient (Wildman–Crippen LogP) is 1.02. The summed E-state index contributed by atoms with van der Waals surface area (Å²) in [4.78, 5) is 13.6. The molecule has 2 unspecified atom stereocenters. The maximum atomic E-state index is 11.5. The maximum Gasteiger partial charge on any atom is 0.319 e. The first-order chi connectivity index (χ1) is 10.7. The van der Waals surface area contributed by atoms with Crippen LogP contribution in [0.15, 0.2) is 30.3 Å². The van der Waals surface area contributed by atoms with Crippen LogP contribution in [0.1, 0.15) is 18.4 Å². The van der Waals surface area contributed by atoms with E-state index in [4.69, 9.17) is 4.74 Å². The minimum absolute atomic E-state index is 0.197. The molecular weight excluding hydrogens is 280 g/mol. The van der Waals surface area contributed by atoms with Gasteiger partial charge in [-0.05, 0) is 24.3 Å². The molecule has 1 heterocycles. The van der Waals surface area contributed by atoms with Crippen LogP contribution in [0.25, 0.3) is 0 Å². The van der Waals surface area contributed by atoms with Crippen molar-refractivity contribution in [3.63, 3.8) is 0 Å². The molecule has 2 N–H and O–H groups in total. The zero-order chi connectivity index (χ0) is 15.8. The summed E-state index contributed by atoms with van der Waals surface area (Å²) in [7, 11) is 1.42. The van der Waals surface area contributed by atoms with Crippen molar-refractivity contribution in [3.8, 4) is 0 Å². The number of methoxy groups -OCH3 is 1. The second-order valence-corrected chi connectivity index (χ2v) is 5.95. The molecule has 1 fully saturated rings. The third kappa shape index (κ3) is 5.40. The quantitative estimate of drug-likeness (QED) is 0.737. The summed E-state index contributed by atoms with van der Waals surface area (Å²) >= 11 is 0. The highest BCUT2D eigenvalue weighted by atomic mass is 16.5. The molecule has 1 aromatic carbocycles. The van der Waals surface area contributed by atoms with Gasteiger partial charge in [0.25, 0.3) is 0 Å². The number of ether oxygens (including phenoxy) is 1. The average molecular weight is 306 g/mol. The van der Waals surface area contributed by atoms with Gasteiger partial charge in [0.1, 0.15) is 0 Å².